The van der Waals surface area contributed by atoms with Gasteiger partial charge in [-0.25, -0.2) is 0 Å². The van der Waals surface area contributed by atoms with Gasteiger partial charge in [-0.2, -0.15) is 0 Å². The molecule has 0 fully saturated rings. The van der Waals surface area contributed by atoms with Crippen molar-refractivity contribution < 1.29 is 47.7 Å². The van der Waals surface area contributed by atoms with Crippen LogP contribution in [0.15, 0.2) is 95.1 Å². The fourth-order valence-electron chi connectivity index (χ4n) is 9.62. The summed E-state index contributed by atoms with van der Waals surface area (Å²) in [5, 5.41) is 0. The SMILES string of the molecule is CC(=O)OCc1cc2c(cc1COC(C)=O)C1C3=C(C(=O)C4=C(C3=O)C3c5ccccc5C4c4cc(COC(C)=O)c(COC(C)=O)cc43)C2c2ccccc21. The lowest BCUT2D eigenvalue weighted by Crippen LogP contribution is -2.44. The number of allylic oxidation sites excluding steroid dienone is 4. The standard InChI is InChI=1S/C46H36O10/c1-21(47)53-17-25-13-33-34(14-26(25)18-54-22(2)48)38-30-10-6-5-9-29(30)37(33)41-42(38)46(52)44-40-32-12-8-7-11-31(32)39(43(44)45(41)51)35-15-27(19-55-23(3)49)28(16-36(35)40)20-56-24(4)50/h5-16,37-40H,17-20H2,1-4H3. The molecule has 11 rings (SSSR count). The summed E-state index contributed by atoms with van der Waals surface area (Å²) < 4.78 is 21.7. The van der Waals surface area contributed by atoms with Gasteiger partial charge in [-0.15, -0.1) is 0 Å². The molecule has 0 radical (unpaired) electrons. The van der Waals surface area contributed by atoms with Gasteiger partial charge in [0.25, 0.3) is 0 Å². The Balaban J connectivity index is 1.23. The molecule has 4 aromatic carbocycles. The van der Waals surface area contributed by atoms with Crippen LogP contribution in [0.5, 0.6) is 0 Å². The molecule has 10 nitrogen and oxygen atoms in total. The third-order valence-electron chi connectivity index (χ3n) is 11.7. The monoisotopic (exact) mass is 748 g/mol. The molecule has 0 aliphatic heterocycles. The number of rotatable bonds is 8. The van der Waals surface area contributed by atoms with Crippen LogP contribution < -0.4 is 0 Å². The Morgan fingerprint density at radius 2 is 0.607 bits per heavy atom. The summed E-state index contributed by atoms with van der Waals surface area (Å²) in [6.45, 7) is 5.07. The molecular formula is C46H36O10. The van der Waals surface area contributed by atoms with Gasteiger partial charge in [-0.1, -0.05) is 72.8 Å². The number of Topliss-reactive ketones (excluding diaryl/α,β-unsaturated/α-hetero) is 2. The number of benzene rings is 4. The molecule has 4 bridgehead atoms. The van der Waals surface area contributed by atoms with Crippen LogP contribution in [0.4, 0.5) is 0 Å². The van der Waals surface area contributed by atoms with E-state index in [0.717, 1.165) is 44.5 Å². The van der Waals surface area contributed by atoms with E-state index in [1.807, 2.05) is 72.8 Å². The normalized spacial score (nSPS) is 20.3. The Morgan fingerprint density at radius 3 is 0.804 bits per heavy atom. The van der Waals surface area contributed by atoms with Crippen molar-refractivity contribution in [1.82, 2.24) is 0 Å². The zero-order valence-electron chi connectivity index (χ0n) is 31.1. The Kier molecular flexibility index (Phi) is 8.26. The van der Waals surface area contributed by atoms with Crippen LogP contribution in [0.25, 0.3) is 0 Å². The summed E-state index contributed by atoms with van der Waals surface area (Å²) in [6, 6.07) is 23.5. The molecule has 0 heterocycles. The molecule has 280 valence electrons. The van der Waals surface area contributed by atoms with Crippen LogP contribution in [-0.4, -0.2) is 35.4 Å². The van der Waals surface area contributed by atoms with Gasteiger partial charge >= 0.3 is 23.9 Å². The molecule has 0 saturated carbocycles. The molecule has 0 spiro atoms. The van der Waals surface area contributed by atoms with E-state index in [1.165, 1.54) is 27.7 Å². The lowest BCUT2D eigenvalue weighted by molar-refractivity contribution is -0.143. The molecule has 0 N–H and O–H groups in total. The van der Waals surface area contributed by atoms with Crippen LogP contribution in [0.1, 0.15) is 118 Å². The highest BCUT2D eigenvalue weighted by molar-refractivity contribution is 6.30. The first-order valence-corrected chi connectivity index (χ1v) is 18.5. The minimum absolute atomic E-state index is 0.0568. The van der Waals surface area contributed by atoms with Crippen molar-refractivity contribution >= 4 is 35.4 Å². The number of esters is 4. The maximum Gasteiger partial charge on any atom is 0.302 e. The number of ketones is 2. The van der Waals surface area contributed by atoms with Crippen LogP contribution >= 0.6 is 0 Å². The summed E-state index contributed by atoms with van der Waals surface area (Å²) in [4.78, 5) is 78.8. The number of hydrogen-bond donors (Lipinski definition) is 0. The maximum atomic E-state index is 15.5. The Labute approximate surface area is 322 Å². The second-order valence-corrected chi connectivity index (χ2v) is 14.9. The number of carbonyl (C=O) groups excluding carboxylic acids is 6. The molecule has 4 aromatic rings. The molecule has 0 amide bonds. The average Bonchev–Trinajstić information content (AvgIpc) is 3.18. The summed E-state index contributed by atoms with van der Waals surface area (Å²) in [7, 11) is 0. The quantitative estimate of drug-likeness (QED) is 0.111. The smallest absolute Gasteiger partial charge is 0.302 e. The van der Waals surface area contributed by atoms with Crippen LogP contribution in [0, 0.1) is 0 Å². The molecule has 7 aliphatic carbocycles. The largest absolute Gasteiger partial charge is 0.461 e. The first-order chi connectivity index (χ1) is 26.9. The van der Waals surface area contributed by atoms with Crippen molar-refractivity contribution in [3.05, 3.63) is 162 Å². The van der Waals surface area contributed by atoms with E-state index >= 15 is 9.59 Å². The van der Waals surface area contributed by atoms with Gasteiger partial charge in [0.05, 0.1) is 0 Å². The number of carbonyl (C=O) groups is 6. The van der Waals surface area contributed by atoms with Gasteiger partial charge in [0.1, 0.15) is 26.4 Å². The fraction of sp³-hybridized carbons (Fsp3) is 0.261. The molecule has 4 unspecified atom stereocenters. The molecule has 4 atom stereocenters. The van der Waals surface area contributed by atoms with Crippen molar-refractivity contribution in [2.75, 3.05) is 0 Å². The molecule has 10 heteroatoms. The Hall–Kier alpha value is -6.42. The summed E-state index contributed by atoms with van der Waals surface area (Å²) in [5.74, 6) is -4.54. The maximum absolute atomic E-state index is 15.5. The second-order valence-electron chi connectivity index (χ2n) is 14.9. The van der Waals surface area contributed by atoms with E-state index in [0.29, 0.717) is 44.5 Å². The molecule has 7 aliphatic rings. The van der Waals surface area contributed by atoms with E-state index in [1.54, 1.807) is 0 Å². The first kappa shape index (κ1) is 35.3. The fourth-order valence-corrected chi connectivity index (χ4v) is 9.62. The highest BCUT2D eigenvalue weighted by Crippen LogP contribution is 2.64. The van der Waals surface area contributed by atoms with Crippen molar-refractivity contribution in [2.45, 2.75) is 77.8 Å². The van der Waals surface area contributed by atoms with Gasteiger partial charge < -0.3 is 18.9 Å². The van der Waals surface area contributed by atoms with Crippen molar-refractivity contribution in [2.24, 2.45) is 0 Å². The highest BCUT2D eigenvalue weighted by Gasteiger charge is 2.57. The van der Waals surface area contributed by atoms with Crippen LogP contribution in [0.2, 0.25) is 0 Å². The zero-order valence-corrected chi connectivity index (χ0v) is 31.1. The molecule has 0 saturated heterocycles. The topological polar surface area (TPSA) is 139 Å². The van der Waals surface area contributed by atoms with Crippen LogP contribution in [-0.2, 0) is 74.1 Å². The number of ether oxygens (including phenoxy) is 4. The van der Waals surface area contributed by atoms with Crippen molar-refractivity contribution in [3.63, 3.8) is 0 Å². The molecule has 56 heavy (non-hydrogen) atoms. The number of hydrogen-bond acceptors (Lipinski definition) is 10. The average molecular weight is 749 g/mol. The predicted molar refractivity (Wildman–Crippen MR) is 199 cm³/mol. The van der Waals surface area contributed by atoms with E-state index in [2.05, 4.69) is 0 Å². The minimum Gasteiger partial charge on any atom is -0.461 e. The first-order valence-electron chi connectivity index (χ1n) is 18.5. The summed E-state index contributed by atoms with van der Waals surface area (Å²) >= 11 is 0. The lowest BCUT2D eigenvalue weighted by atomic mass is 9.51. The van der Waals surface area contributed by atoms with Crippen molar-refractivity contribution in [1.29, 1.82) is 0 Å². The third-order valence-corrected chi connectivity index (χ3v) is 11.7. The van der Waals surface area contributed by atoms with E-state index < -0.39 is 47.5 Å². The van der Waals surface area contributed by atoms with Gasteiger partial charge in [0, 0.05) is 73.7 Å². The summed E-state index contributed by atoms with van der Waals surface area (Å²) in [5.41, 5.74) is 11.5. The summed E-state index contributed by atoms with van der Waals surface area (Å²) in [6.07, 6.45) is 0. The molecule has 0 aromatic heterocycles. The highest BCUT2D eigenvalue weighted by atomic mass is 16.5. The second kappa shape index (κ2) is 13.1. The zero-order chi connectivity index (χ0) is 39.2. The van der Waals surface area contributed by atoms with E-state index in [4.69, 9.17) is 18.9 Å². The van der Waals surface area contributed by atoms with Gasteiger partial charge in [0.15, 0.2) is 11.6 Å². The van der Waals surface area contributed by atoms with Gasteiger partial charge in [0.2, 0.25) is 0 Å². The van der Waals surface area contributed by atoms with E-state index in [-0.39, 0.29) is 38.0 Å². The third kappa shape index (κ3) is 5.30. The van der Waals surface area contributed by atoms with E-state index in [9.17, 15) is 19.2 Å². The van der Waals surface area contributed by atoms with Gasteiger partial charge in [-0.05, 0) is 66.8 Å². The lowest BCUT2D eigenvalue weighted by Gasteiger charge is -2.49. The minimum atomic E-state index is -0.577. The Bertz CT molecular complexity index is 2220. The van der Waals surface area contributed by atoms with Gasteiger partial charge in [-0.3, -0.25) is 28.8 Å². The molecular weight excluding hydrogens is 712 g/mol. The van der Waals surface area contributed by atoms with Crippen molar-refractivity contribution in [3.8, 4) is 0 Å². The van der Waals surface area contributed by atoms with Crippen LogP contribution in [0.3, 0.4) is 0 Å². The Morgan fingerprint density at radius 1 is 0.393 bits per heavy atom. The predicted octanol–water partition coefficient (Wildman–Crippen LogP) is 6.57.